The van der Waals surface area contributed by atoms with E-state index in [9.17, 15) is 4.39 Å². The Bertz CT molecular complexity index is 331. The second kappa shape index (κ2) is 5.39. The van der Waals surface area contributed by atoms with E-state index in [1.807, 2.05) is 0 Å². The molecule has 1 heterocycles. The zero-order valence-corrected chi connectivity index (χ0v) is 10.5. The Morgan fingerprint density at radius 2 is 2.12 bits per heavy atom. The van der Waals surface area contributed by atoms with Crippen LogP contribution >= 0.6 is 0 Å². The maximum absolute atomic E-state index is 13.3. The minimum Gasteiger partial charge on any atom is -0.312 e. The number of hydrogen-bond acceptors (Lipinski definition) is 2. The number of nitrogens with zero attached hydrogens (tertiary/aromatic N) is 1. The summed E-state index contributed by atoms with van der Waals surface area (Å²) in [5.41, 5.74) is 0.864. The van der Waals surface area contributed by atoms with E-state index in [1.54, 1.807) is 12.3 Å². The zero-order valence-electron chi connectivity index (χ0n) is 10.5. The Morgan fingerprint density at radius 1 is 1.44 bits per heavy atom. The summed E-state index contributed by atoms with van der Waals surface area (Å²) in [6.45, 7) is 9.41. The molecule has 0 saturated carbocycles. The lowest BCUT2D eigenvalue weighted by Crippen LogP contribution is -2.39. The highest BCUT2D eigenvalue weighted by atomic mass is 19.1. The average molecular weight is 224 g/mol. The predicted molar refractivity (Wildman–Crippen MR) is 64.8 cm³/mol. The van der Waals surface area contributed by atoms with Gasteiger partial charge in [-0.15, -0.1) is 0 Å². The van der Waals surface area contributed by atoms with Crippen LogP contribution in [0.3, 0.4) is 0 Å². The molecule has 0 radical (unpaired) electrons. The Hall–Kier alpha value is -0.960. The Balaban J connectivity index is 2.46. The van der Waals surface area contributed by atoms with Crippen molar-refractivity contribution < 1.29 is 4.39 Å². The third kappa shape index (κ3) is 4.71. The highest BCUT2D eigenvalue weighted by Crippen LogP contribution is 2.11. The van der Waals surface area contributed by atoms with E-state index in [0.717, 1.165) is 18.5 Å². The van der Waals surface area contributed by atoms with Crippen molar-refractivity contribution in [1.29, 1.82) is 0 Å². The van der Waals surface area contributed by atoms with Crippen LogP contribution in [0, 0.1) is 11.7 Å². The summed E-state index contributed by atoms with van der Waals surface area (Å²) >= 11 is 0. The fourth-order valence-corrected chi connectivity index (χ4v) is 1.50. The lowest BCUT2D eigenvalue weighted by molar-refractivity contribution is 0.379. The number of pyridine rings is 1. The van der Waals surface area contributed by atoms with Gasteiger partial charge in [-0.05, 0) is 51.3 Å². The van der Waals surface area contributed by atoms with Gasteiger partial charge in [-0.1, -0.05) is 6.92 Å². The van der Waals surface area contributed by atoms with Gasteiger partial charge < -0.3 is 5.32 Å². The van der Waals surface area contributed by atoms with Crippen LogP contribution in [-0.4, -0.2) is 17.1 Å². The highest BCUT2D eigenvalue weighted by Gasteiger charge is 2.12. The first-order valence-electron chi connectivity index (χ1n) is 5.72. The molecule has 1 rings (SSSR count). The molecule has 0 aliphatic carbocycles. The molecule has 0 aliphatic heterocycles. The number of aromatic nitrogens is 1. The number of rotatable bonds is 4. The molecule has 3 heteroatoms. The standard InChI is InChI=1S/C13H21FN2/c1-10(8-16-13(2,3)4)7-11-5-6-15-9-12(11)14/h5-6,9-10,16H,7-8H2,1-4H3. The van der Waals surface area contributed by atoms with E-state index >= 15 is 0 Å². The molecule has 0 fully saturated rings. The quantitative estimate of drug-likeness (QED) is 0.850. The Kier molecular flexibility index (Phi) is 4.42. The molecule has 0 aliphatic rings. The lowest BCUT2D eigenvalue weighted by Gasteiger charge is -2.23. The Labute approximate surface area is 97.3 Å². The first-order valence-corrected chi connectivity index (χ1v) is 5.72. The van der Waals surface area contributed by atoms with Crippen molar-refractivity contribution >= 4 is 0 Å². The van der Waals surface area contributed by atoms with Crippen molar-refractivity contribution in [3.8, 4) is 0 Å². The predicted octanol–water partition coefficient (Wildman–Crippen LogP) is 2.79. The summed E-state index contributed by atoms with van der Waals surface area (Å²) in [6.07, 6.45) is 3.67. The second-order valence-electron chi connectivity index (χ2n) is 5.41. The van der Waals surface area contributed by atoms with Gasteiger partial charge in [0, 0.05) is 11.7 Å². The molecule has 0 amide bonds. The first kappa shape index (κ1) is 13.1. The molecule has 0 spiro atoms. The molecule has 1 atom stereocenters. The summed E-state index contributed by atoms with van der Waals surface area (Å²) in [5.74, 6) is 0.209. The topological polar surface area (TPSA) is 24.9 Å². The summed E-state index contributed by atoms with van der Waals surface area (Å²) in [5, 5.41) is 3.42. The molecule has 90 valence electrons. The number of hydrogen-bond donors (Lipinski definition) is 1. The fourth-order valence-electron chi connectivity index (χ4n) is 1.50. The molecule has 16 heavy (non-hydrogen) atoms. The van der Waals surface area contributed by atoms with Gasteiger partial charge in [-0.3, -0.25) is 4.98 Å². The van der Waals surface area contributed by atoms with Crippen LogP contribution < -0.4 is 5.32 Å². The molecule has 0 bridgehead atoms. The second-order valence-corrected chi connectivity index (χ2v) is 5.41. The van der Waals surface area contributed by atoms with Crippen LogP contribution in [-0.2, 0) is 6.42 Å². The molecule has 1 aromatic heterocycles. The zero-order chi connectivity index (χ0) is 12.2. The number of halogens is 1. The normalized spacial score (nSPS) is 13.8. The maximum atomic E-state index is 13.3. The SMILES string of the molecule is CC(CNC(C)(C)C)Cc1ccncc1F. The summed E-state index contributed by atoms with van der Waals surface area (Å²) in [7, 11) is 0. The highest BCUT2D eigenvalue weighted by molar-refractivity contribution is 5.13. The third-order valence-corrected chi connectivity index (χ3v) is 2.41. The van der Waals surface area contributed by atoms with E-state index in [1.165, 1.54) is 6.20 Å². The van der Waals surface area contributed by atoms with Gasteiger partial charge in [-0.2, -0.15) is 0 Å². The molecule has 1 unspecified atom stereocenters. The lowest BCUT2D eigenvalue weighted by atomic mass is 10.00. The summed E-state index contributed by atoms with van der Waals surface area (Å²) in [6, 6.07) is 1.75. The summed E-state index contributed by atoms with van der Waals surface area (Å²) in [4.78, 5) is 3.75. The van der Waals surface area contributed by atoms with Gasteiger partial charge in [0.15, 0.2) is 0 Å². The van der Waals surface area contributed by atoms with E-state index in [4.69, 9.17) is 0 Å². The van der Waals surface area contributed by atoms with E-state index < -0.39 is 0 Å². The van der Waals surface area contributed by atoms with Crippen molar-refractivity contribution in [3.63, 3.8) is 0 Å². The van der Waals surface area contributed by atoms with Gasteiger partial charge in [0.1, 0.15) is 5.82 Å². The molecule has 2 nitrogen and oxygen atoms in total. The molecule has 1 aromatic rings. The van der Waals surface area contributed by atoms with Gasteiger partial charge in [0.2, 0.25) is 0 Å². The van der Waals surface area contributed by atoms with Crippen molar-refractivity contribution in [3.05, 3.63) is 29.8 Å². The first-order chi connectivity index (χ1) is 7.38. The van der Waals surface area contributed by atoms with Crippen molar-refractivity contribution in [2.75, 3.05) is 6.54 Å². The van der Waals surface area contributed by atoms with Crippen LogP contribution in [0.1, 0.15) is 33.3 Å². The monoisotopic (exact) mass is 224 g/mol. The minimum absolute atomic E-state index is 0.116. The van der Waals surface area contributed by atoms with Crippen molar-refractivity contribution in [1.82, 2.24) is 10.3 Å². The van der Waals surface area contributed by atoms with Gasteiger partial charge >= 0.3 is 0 Å². The van der Waals surface area contributed by atoms with Gasteiger partial charge in [-0.25, -0.2) is 4.39 Å². The Morgan fingerprint density at radius 3 is 2.69 bits per heavy atom. The van der Waals surface area contributed by atoms with Crippen molar-refractivity contribution in [2.45, 2.75) is 39.7 Å². The third-order valence-electron chi connectivity index (χ3n) is 2.41. The molecule has 0 saturated heterocycles. The summed E-state index contributed by atoms with van der Waals surface area (Å²) < 4.78 is 13.3. The van der Waals surface area contributed by atoms with Gasteiger partial charge in [0.25, 0.3) is 0 Å². The van der Waals surface area contributed by atoms with E-state index in [2.05, 4.69) is 38.0 Å². The maximum Gasteiger partial charge on any atom is 0.144 e. The van der Waals surface area contributed by atoms with Crippen molar-refractivity contribution in [2.24, 2.45) is 5.92 Å². The molecule has 0 aromatic carbocycles. The van der Waals surface area contributed by atoms with E-state index in [-0.39, 0.29) is 11.4 Å². The van der Waals surface area contributed by atoms with Crippen LogP contribution in [0.4, 0.5) is 4.39 Å². The van der Waals surface area contributed by atoms with E-state index in [0.29, 0.717) is 5.92 Å². The smallest absolute Gasteiger partial charge is 0.144 e. The minimum atomic E-state index is -0.204. The van der Waals surface area contributed by atoms with Gasteiger partial charge in [0.05, 0.1) is 6.20 Å². The number of nitrogens with one attached hydrogen (secondary N) is 1. The molecular weight excluding hydrogens is 203 g/mol. The molecule has 1 N–H and O–H groups in total. The van der Waals surface area contributed by atoms with Crippen LogP contribution in [0.25, 0.3) is 0 Å². The largest absolute Gasteiger partial charge is 0.312 e. The average Bonchev–Trinajstić information content (AvgIpc) is 2.18. The van der Waals surface area contributed by atoms with Crippen LogP contribution in [0.5, 0.6) is 0 Å². The molecular formula is C13H21FN2. The van der Waals surface area contributed by atoms with Crippen LogP contribution in [0.2, 0.25) is 0 Å². The van der Waals surface area contributed by atoms with Crippen LogP contribution in [0.15, 0.2) is 18.5 Å². The fraction of sp³-hybridized carbons (Fsp3) is 0.615.